The standard InChI is InChI=1S/C11H15ClFN/c1-2-11(7-12)14-8-9-4-3-5-10(13)6-9/h3-6,11,14H,2,7-8H2,1H3. The predicted molar refractivity (Wildman–Crippen MR) is 58.0 cm³/mol. The molecule has 0 spiro atoms. The van der Waals surface area contributed by atoms with E-state index < -0.39 is 0 Å². The van der Waals surface area contributed by atoms with Gasteiger partial charge in [-0.2, -0.15) is 0 Å². The van der Waals surface area contributed by atoms with Gasteiger partial charge in [0.1, 0.15) is 5.82 Å². The van der Waals surface area contributed by atoms with Gasteiger partial charge in [-0.05, 0) is 24.1 Å². The predicted octanol–water partition coefficient (Wildman–Crippen LogP) is 2.93. The Bertz CT molecular complexity index is 274. The monoisotopic (exact) mass is 215 g/mol. The van der Waals surface area contributed by atoms with E-state index in [9.17, 15) is 4.39 Å². The molecule has 1 aromatic rings. The van der Waals surface area contributed by atoms with Crippen molar-refractivity contribution in [3.8, 4) is 0 Å². The van der Waals surface area contributed by atoms with Crippen molar-refractivity contribution in [2.45, 2.75) is 25.9 Å². The van der Waals surface area contributed by atoms with Gasteiger partial charge in [-0.25, -0.2) is 4.39 Å². The van der Waals surface area contributed by atoms with Crippen molar-refractivity contribution in [1.29, 1.82) is 0 Å². The second kappa shape index (κ2) is 5.99. The van der Waals surface area contributed by atoms with Gasteiger partial charge in [0.05, 0.1) is 0 Å². The number of rotatable bonds is 5. The Morgan fingerprint density at radius 1 is 1.50 bits per heavy atom. The quantitative estimate of drug-likeness (QED) is 0.745. The molecule has 1 unspecified atom stereocenters. The normalized spacial score (nSPS) is 12.8. The van der Waals surface area contributed by atoms with Crippen LogP contribution in [0.2, 0.25) is 0 Å². The summed E-state index contributed by atoms with van der Waals surface area (Å²) in [5.41, 5.74) is 0.952. The molecule has 1 N–H and O–H groups in total. The van der Waals surface area contributed by atoms with E-state index in [2.05, 4.69) is 12.2 Å². The van der Waals surface area contributed by atoms with Gasteiger partial charge in [0.2, 0.25) is 0 Å². The van der Waals surface area contributed by atoms with Gasteiger partial charge in [-0.3, -0.25) is 0 Å². The zero-order valence-electron chi connectivity index (χ0n) is 8.26. The molecule has 0 aliphatic heterocycles. The van der Waals surface area contributed by atoms with Gasteiger partial charge in [0.25, 0.3) is 0 Å². The third kappa shape index (κ3) is 3.64. The topological polar surface area (TPSA) is 12.0 Å². The van der Waals surface area contributed by atoms with Crippen LogP contribution in [0.25, 0.3) is 0 Å². The number of benzene rings is 1. The smallest absolute Gasteiger partial charge is 0.123 e. The van der Waals surface area contributed by atoms with Crippen LogP contribution in [0.3, 0.4) is 0 Å². The highest BCUT2D eigenvalue weighted by molar-refractivity contribution is 6.18. The fraction of sp³-hybridized carbons (Fsp3) is 0.455. The van der Waals surface area contributed by atoms with E-state index in [-0.39, 0.29) is 5.82 Å². The minimum Gasteiger partial charge on any atom is -0.309 e. The first kappa shape index (κ1) is 11.5. The third-order valence-electron chi connectivity index (χ3n) is 2.16. The summed E-state index contributed by atoms with van der Waals surface area (Å²) in [6.45, 7) is 2.74. The van der Waals surface area contributed by atoms with Crippen molar-refractivity contribution in [2.24, 2.45) is 0 Å². The van der Waals surface area contributed by atoms with Gasteiger partial charge < -0.3 is 5.32 Å². The maximum absolute atomic E-state index is 12.8. The molecule has 0 aliphatic carbocycles. The average Bonchev–Trinajstić information content (AvgIpc) is 2.19. The molecule has 0 aromatic heterocycles. The lowest BCUT2D eigenvalue weighted by atomic mass is 10.2. The van der Waals surface area contributed by atoms with E-state index in [1.165, 1.54) is 12.1 Å². The van der Waals surface area contributed by atoms with Crippen molar-refractivity contribution < 1.29 is 4.39 Å². The van der Waals surface area contributed by atoms with E-state index >= 15 is 0 Å². The SMILES string of the molecule is CCC(CCl)NCc1cccc(F)c1. The number of alkyl halides is 1. The molecule has 0 aliphatic rings. The van der Waals surface area contributed by atoms with Crippen LogP contribution in [-0.4, -0.2) is 11.9 Å². The average molecular weight is 216 g/mol. The first-order valence-electron chi connectivity index (χ1n) is 4.80. The molecule has 0 heterocycles. The van der Waals surface area contributed by atoms with Crippen molar-refractivity contribution >= 4 is 11.6 Å². The van der Waals surface area contributed by atoms with Crippen LogP contribution >= 0.6 is 11.6 Å². The summed E-state index contributed by atoms with van der Waals surface area (Å²) in [7, 11) is 0. The zero-order valence-corrected chi connectivity index (χ0v) is 9.02. The first-order chi connectivity index (χ1) is 6.76. The lowest BCUT2D eigenvalue weighted by molar-refractivity contribution is 0.536. The van der Waals surface area contributed by atoms with Crippen LogP contribution in [0.4, 0.5) is 4.39 Å². The van der Waals surface area contributed by atoms with Crippen LogP contribution in [0.5, 0.6) is 0 Å². The zero-order chi connectivity index (χ0) is 10.4. The lowest BCUT2D eigenvalue weighted by Gasteiger charge is -2.13. The van der Waals surface area contributed by atoms with Crippen LogP contribution in [-0.2, 0) is 6.54 Å². The van der Waals surface area contributed by atoms with Crippen molar-refractivity contribution in [3.05, 3.63) is 35.6 Å². The van der Waals surface area contributed by atoms with Gasteiger partial charge in [-0.1, -0.05) is 19.1 Å². The molecule has 78 valence electrons. The number of hydrogen-bond acceptors (Lipinski definition) is 1. The summed E-state index contributed by atoms with van der Waals surface area (Å²) in [5.74, 6) is 0.398. The molecule has 0 bridgehead atoms. The van der Waals surface area contributed by atoms with Gasteiger partial charge in [0.15, 0.2) is 0 Å². The number of halogens is 2. The Labute approximate surface area is 89.3 Å². The molecule has 0 radical (unpaired) electrons. The number of hydrogen-bond donors (Lipinski definition) is 1. The fourth-order valence-electron chi connectivity index (χ4n) is 1.22. The maximum atomic E-state index is 12.8. The highest BCUT2D eigenvalue weighted by atomic mass is 35.5. The molecular weight excluding hydrogens is 201 g/mol. The van der Waals surface area contributed by atoms with Crippen LogP contribution < -0.4 is 5.32 Å². The summed E-state index contributed by atoms with van der Waals surface area (Å²) < 4.78 is 12.8. The van der Waals surface area contributed by atoms with Crippen molar-refractivity contribution in [1.82, 2.24) is 5.32 Å². The van der Waals surface area contributed by atoms with E-state index in [1.807, 2.05) is 6.07 Å². The molecule has 1 aromatic carbocycles. The molecular formula is C11H15ClFN. The van der Waals surface area contributed by atoms with Crippen molar-refractivity contribution in [3.63, 3.8) is 0 Å². The third-order valence-corrected chi connectivity index (χ3v) is 2.54. The van der Waals surface area contributed by atoms with Crippen LogP contribution in [0.15, 0.2) is 24.3 Å². The molecule has 0 saturated carbocycles. The minimum absolute atomic E-state index is 0.191. The molecule has 14 heavy (non-hydrogen) atoms. The molecule has 0 saturated heterocycles. The largest absolute Gasteiger partial charge is 0.309 e. The Balaban J connectivity index is 2.44. The summed E-state index contributed by atoms with van der Waals surface area (Å²) in [4.78, 5) is 0. The van der Waals surface area contributed by atoms with Crippen LogP contribution in [0, 0.1) is 5.82 Å². The van der Waals surface area contributed by atoms with E-state index in [1.54, 1.807) is 6.07 Å². The summed E-state index contributed by atoms with van der Waals surface area (Å²) in [6, 6.07) is 6.90. The second-order valence-corrected chi connectivity index (χ2v) is 3.58. The van der Waals surface area contributed by atoms with Gasteiger partial charge in [0, 0.05) is 18.5 Å². The molecule has 3 heteroatoms. The van der Waals surface area contributed by atoms with E-state index in [0.717, 1.165) is 12.0 Å². The van der Waals surface area contributed by atoms with Crippen molar-refractivity contribution in [2.75, 3.05) is 5.88 Å². The molecule has 0 fully saturated rings. The maximum Gasteiger partial charge on any atom is 0.123 e. The Morgan fingerprint density at radius 3 is 2.86 bits per heavy atom. The molecule has 0 amide bonds. The Kier molecular flexibility index (Phi) is 4.91. The Morgan fingerprint density at radius 2 is 2.29 bits per heavy atom. The summed E-state index contributed by atoms with van der Waals surface area (Å²) in [6.07, 6.45) is 0.985. The summed E-state index contributed by atoms with van der Waals surface area (Å²) >= 11 is 5.73. The van der Waals surface area contributed by atoms with E-state index in [4.69, 9.17) is 11.6 Å². The molecule has 1 nitrogen and oxygen atoms in total. The first-order valence-corrected chi connectivity index (χ1v) is 5.33. The minimum atomic E-state index is -0.191. The number of nitrogens with one attached hydrogen (secondary N) is 1. The van der Waals surface area contributed by atoms with Gasteiger partial charge >= 0.3 is 0 Å². The highest BCUT2D eigenvalue weighted by Gasteiger charge is 2.03. The highest BCUT2D eigenvalue weighted by Crippen LogP contribution is 2.04. The summed E-state index contributed by atoms with van der Waals surface area (Å²) in [5, 5.41) is 3.26. The Hall–Kier alpha value is -0.600. The fourth-order valence-corrected chi connectivity index (χ4v) is 1.54. The lowest BCUT2D eigenvalue weighted by Crippen LogP contribution is -2.29. The van der Waals surface area contributed by atoms with Crippen LogP contribution in [0.1, 0.15) is 18.9 Å². The second-order valence-electron chi connectivity index (χ2n) is 3.27. The van der Waals surface area contributed by atoms with E-state index in [0.29, 0.717) is 18.5 Å². The van der Waals surface area contributed by atoms with Gasteiger partial charge in [-0.15, -0.1) is 11.6 Å². The molecule has 1 atom stereocenters. The molecule has 1 rings (SSSR count).